The predicted molar refractivity (Wildman–Crippen MR) is 184 cm³/mol. The van der Waals surface area contributed by atoms with Crippen LogP contribution in [0, 0.1) is 0 Å². The fourth-order valence-electron chi connectivity index (χ4n) is 5.85. The first kappa shape index (κ1) is 41.7. The number of ether oxygens (including phenoxy) is 2. The number of aliphatic hydroxyl groups is 2. The molecule has 51 heavy (non-hydrogen) atoms. The van der Waals surface area contributed by atoms with Gasteiger partial charge < -0.3 is 25.0 Å². The van der Waals surface area contributed by atoms with Crippen molar-refractivity contribution in [2.45, 2.75) is 74.9 Å². The molecule has 0 bridgehead atoms. The van der Waals surface area contributed by atoms with E-state index in [-0.39, 0.29) is 0 Å². The quantitative estimate of drug-likeness (QED) is 0.0842. The summed E-state index contributed by atoms with van der Waals surface area (Å²) in [7, 11) is 2.81. The fourth-order valence-corrected chi connectivity index (χ4v) is 6.19. The molecular formula is C35H39Cl2F6N3O5. The second-order valence-corrected chi connectivity index (χ2v) is 14.2. The van der Waals surface area contributed by atoms with Gasteiger partial charge >= 0.3 is 12.4 Å². The van der Waals surface area contributed by atoms with Gasteiger partial charge in [-0.3, -0.25) is 9.89 Å². The molecule has 0 saturated heterocycles. The Hall–Kier alpha value is -3.72. The molecule has 0 saturated carbocycles. The number of anilines is 1. The van der Waals surface area contributed by atoms with Crippen LogP contribution in [0.25, 0.3) is 10.9 Å². The highest BCUT2D eigenvalue weighted by molar-refractivity contribution is 6.31. The third-order valence-corrected chi connectivity index (χ3v) is 8.97. The van der Waals surface area contributed by atoms with Gasteiger partial charge in [-0.2, -0.15) is 31.4 Å². The number of rotatable bonds is 12. The van der Waals surface area contributed by atoms with Crippen molar-refractivity contribution >= 4 is 46.1 Å². The van der Waals surface area contributed by atoms with Crippen LogP contribution in [0.4, 0.5) is 32.0 Å². The highest BCUT2D eigenvalue weighted by Gasteiger charge is 2.57. The minimum absolute atomic E-state index is 0.320. The molecule has 0 aliphatic heterocycles. The van der Waals surface area contributed by atoms with Crippen molar-refractivity contribution in [2.75, 3.05) is 26.1 Å². The molecule has 16 heteroatoms. The first-order chi connectivity index (χ1) is 23.4. The van der Waals surface area contributed by atoms with Gasteiger partial charge in [-0.1, -0.05) is 57.0 Å². The van der Waals surface area contributed by atoms with E-state index in [1.54, 1.807) is 50.2 Å². The van der Waals surface area contributed by atoms with Crippen LogP contribution >= 0.6 is 23.2 Å². The Morgan fingerprint density at radius 2 is 1.31 bits per heavy atom. The Kier molecular flexibility index (Phi) is 12.7. The van der Waals surface area contributed by atoms with Crippen LogP contribution in [-0.2, 0) is 15.6 Å². The van der Waals surface area contributed by atoms with Gasteiger partial charge in [-0.05, 0) is 65.8 Å². The Labute approximate surface area is 301 Å². The second-order valence-electron chi connectivity index (χ2n) is 13.4. The molecule has 4 aromatic rings. The van der Waals surface area contributed by atoms with E-state index < -0.39 is 60.1 Å². The number of benzene rings is 3. The van der Waals surface area contributed by atoms with Crippen LogP contribution in [0.1, 0.15) is 51.7 Å². The predicted octanol–water partition coefficient (Wildman–Crippen LogP) is 8.81. The summed E-state index contributed by atoms with van der Waals surface area (Å²) in [5.74, 6) is 0.741. The smallest absolute Gasteiger partial charge is 0.424 e. The van der Waals surface area contributed by atoms with Crippen molar-refractivity contribution < 1.29 is 50.8 Å². The zero-order chi connectivity index (χ0) is 38.6. The lowest BCUT2D eigenvalue weighted by molar-refractivity contribution is -0.260. The summed E-state index contributed by atoms with van der Waals surface area (Å²) < 4.78 is 91.0. The maximum absolute atomic E-state index is 14.0. The zero-order valence-electron chi connectivity index (χ0n) is 28.6. The molecule has 1 aromatic heterocycles. The number of aromatic amines is 1. The third-order valence-electron chi connectivity index (χ3n) is 8.50. The maximum atomic E-state index is 14.0. The van der Waals surface area contributed by atoms with Gasteiger partial charge in [0.15, 0.2) is 11.9 Å². The lowest BCUT2D eigenvalue weighted by Gasteiger charge is -2.38. The molecule has 3 aromatic carbocycles. The number of carbonyl (C=O) groups excluding carboxylic acids is 1. The summed E-state index contributed by atoms with van der Waals surface area (Å²) in [6.07, 6.45) is -10.3. The van der Waals surface area contributed by atoms with E-state index in [1.807, 2.05) is 0 Å². The monoisotopic (exact) mass is 765 g/mol. The fraction of sp³-hybridized carbons (Fsp3) is 0.429. The molecule has 2 unspecified atom stereocenters. The summed E-state index contributed by atoms with van der Waals surface area (Å²) >= 11 is 11.9. The number of aldehydes is 1. The van der Waals surface area contributed by atoms with E-state index >= 15 is 0 Å². The SMILES string of the molecule is COc1ccc(Cl)cc1C(C)(C)CC(O)(C=O)C(F)(F)F.COc1ccc(Cl)cc1C(C)(C)CC(O)(CNc1cccc2[nH]ncc12)C(F)(F)F. The van der Waals surface area contributed by atoms with Gasteiger partial charge in [0.2, 0.25) is 5.60 Å². The minimum atomic E-state index is -5.06. The average Bonchev–Trinajstić information content (AvgIpc) is 3.52. The number of hydrogen-bond acceptors (Lipinski definition) is 7. The molecule has 0 aliphatic carbocycles. The number of nitrogens with zero attached hydrogens (tertiary/aromatic N) is 1. The number of methoxy groups -OCH3 is 2. The lowest BCUT2D eigenvalue weighted by Crippen LogP contribution is -2.53. The van der Waals surface area contributed by atoms with Crippen molar-refractivity contribution in [3.63, 3.8) is 0 Å². The molecule has 8 nitrogen and oxygen atoms in total. The number of carbonyl (C=O) groups is 1. The third kappa shape index (κ3) is 9.59. The molecule has 4 rings (SSSR count). The van der Waals surface area contributed by atoms with Crippen LogP contribution in [-0.4, -0.2) is 71.0 Å². The van der Waals surface area contributed by atoms with Gasteiger partial charge in [0.25, 0.3) is 0 Å². The standard InChI is InChI=1S/C21H23ClF3N3O2.C14H16ClF3O3/c1-19(2,15-9-13(22)7-8-18(15)30-3)11-20(29,21(23,24)25)12-26-16-5-4-6-17-14(16)10-27-28-17;1-12(2,7-13(20,8-19)14(16,17)18)10-6-9(15)4-5-11(10)21-3/h4-10,26,29H,11-12H2,1-3H3,(H,27,28);4-6,8,20H,7H2,1-3H3. The minimum Gasteiger partial charge on any atom is -0.496 e. The summed E-state index contributed by atoms with van der Waals surface area (Å²) in [4.78, 5) is 10.8. The van der Waals surface area contributed by atoms with Gasteiger partial charge in [0.05, 0.1) is 32.5 Å². The topological polar surface area (TPSA) is 117 Å². The molecule has 2 atom stereocenters. The van der Waals surface area contributed by atoms with Crippen molar-refractivity contribution in [3.8, 4) is 11.5 Å². The van der Waals surface area contributed by atoms with Gasteiger partial charge in [-0.25, -0.2) is 0 Å². The highest BCUT2D eigenvalue weighted by atomic mass is 35.5. The number of H-pyrrole nitrogens is 1. The number of alkyl halides is 6. The van der Waals surface area contributed by atoms with E-state index in [0.29, 0.717) is 49.3 Å². The van der Waals surface area contributed by atoms with E-state index in [9.17, 15) is 41.4 Å². The normalized spacial score (nSPS) is 14.9. The summed E-state index contributed by atoms with van der Waals surface area (Å²) in [6.45, 7) is 5.46. The molecule has 4 N–H and O–H groups in total. The Bertz CT molecular complexity index is 1810. The Balaban J connectivity index is 0.000000295. The second kappa shape index (κ2) is 15.5. The molecular weight excluding hydrogens is 727 g/mol. The zero-order valence-corrected chi connectivity index (χ0v) is 30.1. The van der Waals surface area contributed by atoms with Gasteiger partial charge in [-0.15, -0.1) is 0 Å². The number of fused-ring (bicyclic) bond motifs is 1. The van der Waals surface area contributed by atoms with Crippen LogP contribution in [0.3, 0.4) is 0 Å². The Morgan fingerprint density at radius 1 is 0.804 bits per heavy atom. The van der Waals surface area contributed by atoms with E-state index in [4.69, 9.17) is 32.7 Å². The van der Waals surface area contributed by atoms with E-state index in [0.717, 1.165) is 0 Å². The molecule has 0 aliphatic rings. The van der Waals surface area contributed by atoms with E-state index in [2.05, 4.69) is 15.5 Å². The maximum Gasteiger partial charge on any atom is 0.424 e. The van der Waals surface area contributed by atoms with Crippen LogP contribution < -0.4 is 14.8 Å². The summed E-state index contributed by atoms with van der Waals surface area (Å²) in [5, 5.41) is 31.1. The highest BCUT2D eigenvalue weighted by Crippen LogP contribution is 2.45. The van der Waals surface area contributed by atoms with E-state index in [1.165, 1.54) is 52.5 Å². The van der Waals surface area contributed by atoms with Crippen LogP contribution in [0.2, 0.25) is 10.0 Å². The van der Waals surface area contributed by atoms with Crippen molar-refractivity contribution in [1.82, 2.24) is 10.2 Å². The summed E-state index contributed by atoms with van der Waals surface area (Å²) in [5.41, 5.74) is -6.73. The largest absolute Gasteiger partial charge is 0.496 e. The van der Waals surface area contributed by atoms with Gasteiger partial charge in [0.1, 0.15) is 11.5 Å². The van der Waals surface area contributed by atoms with Crippen molar-refractivity contribution in [3.05, 3.63) is 82.0 Å². The van der Waals surface area contributed by atoms with Gasteiger partial charge in [0, 0.05) is 38.7 Å². The number of aromatic nitrogens is 2. The molecule has 0 spiro atoms. The van der Waals surface area contributed by atoms with Crippen molar-refractivity contribution in [1.29, 1.82) is 0 Å². The first-order valence-corrected chi connectivity index (χ1v) is 16.1. The van der Waals surface area contributed by atoms with Crippen LogP contribution in [0.5, 0.6) is 11.5 Å². The number of halogens is 8. The molecule has 0 fully saturated rings. The van der Waals surface area contributed by atoms with Crippen LogP contribution in [0.15, 0.2) is 60.8 Å². The lowest BCUT2D eigenvalue weighted by atomic mass is 9.74. The number of nitrogens with one attached hydrogen (secondary N) is 2. The molecule has 0 radical (unpaired) electrons. The number of hydrogen-bond donors (Lipinski definition) is 4. The first-order valence-electron chi connectivity index (χ1n) is 15.3. The Morgan fingerprint density at radius 3 is 1.76 bits per heavy atom. The average molecular weight is 767 g/mol. The summed E-state index contributed by atoms with van der Waals surface area (Å²) in [6, 6.07) is 14.4. The van der Waals surface area contributed by atoms with Crippen molar-refractivity contribution in [2.24, 2.45) is 0 Å². The molecule has 1 heterocycles. The molecule has 0 amide bonds. The molecule has 280 valence electrons.